The highest BCUT2D eigenvalue weighted by Crippen LogP contribution is 2.13. The number of aryl methyl sites for hydroxylation is 2. The predicted octanol–water partition coefficient (Wildman–Crippen LogP) is 2.54. The Labute approximate surface area is 141 Å². The first-order chi connectivity index (χ1) is 11.5. The van der Waals surface area contributed by atoms with Crippen molar-refractivity contribution in [3.05, 3.63) is 59.0 Å². The summed E-state index contributed by atoms with van der Waals surface area (Å²) in [5, 5.41) is 0. The van der Waals surface area contributed by atoms with Gasteiger partial charge in [-0.3, -0.25) is 14.5 Å². The molecule has 0 bridgehead atoms. The highest BCUT2D eigenvalue weighted by molar-refractivity contribution is 5.98. The van der Waals surface area contributed by atoms with E-state index in [1.807, 2.05) is 32.0 Å². The van der Waals surface area contributed by atoms with Crippen LogP contribution in [0.3, 0.4) is 0 Å². The van der Waals surface area contributed by atoms with Crippen molar-refractivity contribution in [3.8, 4) is 0 Å². The molecule has 0 spiro atoms. The maximum absolute atomic E-state index is 12.4. The van der Waals surface area contributed by atoms with Gasteiger partial charge in [-0.05, 0) is 43.2 Å². The minimum absolute atomic E-state index is 0.0832. The molecule has 0 radical (unpaired) electrons. The summed E-state index contributed by atoms with van der Waals surface area (Å²) in [4.78, 5) is 28.5. The van der Waals surface area contributed by atoms with Crippen LogP contribution in [-0.4, -0.2) is 54.2 Å². The zero-order valence-electron chi connectivity index (χ0n) is 14.1. The Morgan fingerprint density at radius 1 is 1.04 bits per heavy atom. The third-order valence-corrected chi connectivity index (χ3v) is 4.59. The third kappa shape index (κ3) is 3.57. The lowest BCUT2D eigenvalue weighted by Gasteiger charge is -2.33. The van der Waals surface area contributed by atoms with Crippen LogP contribution in [0.2, 0.25) is 0 Å². The van der Waals surface area contributed by atoms with Gasteiger partial charge >= 0.3 is 0 Å². The second kappa shape index (κ2) is 7.01. The average molecular weight is 326 g/mol. The molecule has 2 aromatic rings. The maximum Gasteiger partial charge on any atom is 0.289 e. The Kier molecular flexibility index (Phi) is 4.81. The number of ketones is 1. The Hall–Kier alpha value is -2.40. The van der Waals surface area contributed by atoms with E-state index in [-0.39, 0.29) is 11.7 Å². The molecule has 1 aliphatic heterocycles. The molecule has 1 fully saturated rings. The molecule has 0 N–H and O–H groups in total. The van der Waals surface area contributed by atoms with E-state index in [9.17, 15) is 9.59 Å². The Morgan fingerprint density at radius 3 is 2.42 bits per heavy atom. The molecule has 0 saturated carbocycles. The van der Waals surface area contributed by atoms with E-state index in [1.54, 1.807) is 17.0 Å². The van der Waals surface area contributed by atoms with E-state index in [4.69, 9.17) is 4.42 Å². The third-order valence-electron chi connectivity index (χ3n) is 4.59. The summed E-state index contributed by atoms with van der Waals surface area (Å²) in [5.74, 6) is 0.415. The van der Waals surface area contributed by atoms with Gasteiger partial charge in [0.2, 0.25) is 0 Å². The van der Waals surface area contributed by atoms with Crippen molar-refractivity contribution in [1.82, 2.24) is 9.80 Å². The summed E-state index contributed by atoms with van der Waals surface area (Å²) >= 11 is 0. The molecule has 2 heterocycles. The molecular formula is C19H22N2O3. The molecule has 1 aliphatic rings. The summed E-state index contributed by atoms with van der Waals surface area (Å²) in [6.07, 6.45) is 1.51. The number of carbonyl (C=O) groups is 2. The summed E-state index contributed by atoms with van der Waals surface area (Å²) < 4.78 is 5.16. The second-order valence-corrected chi connectivity index (χ2v) is 6.27. The number of piperazine rings is 1. The fraction of sp³-hybridized carbons (Fsp3) is 0.368. The monoisotopic (exact) mass is 326 g/mol. The fourth-order valence-electron chi connectivity index (χ4n) is 2.87. The van der Waals surface area contributed by atoms with Crippen molar-refractivity contribution in [1.29, 1.82) is 0 Å². The number of benzene rings is 1. The lowest BCUT2D eigenvalue weighted by molar-refractivity contribution is 0.0596. The van der Waals surface area contributed by atoms with Crippen LogP contribution in [0.25, 0.3) is 0 Å². The summed E-state index contributed by atoms with van der Waals surface area (Å²) in [6.45, 7) is 7.07. The van der Waals surface area contributed by atoms with Crippen LogP contribution in [0, 0.1) is 13.8 Å². The first-order valence-corrected chi connectivity index (χ1v) is 8.20. The minimum Gasteiger partial charge on any atom is -0.459 e. The number of nitrogens with zero attached hydrogens (tertiary/aromatic N) is 2. The second-order valence-electron chi connectivity index (χ2n) is 6.27. The van der Waals surface area contributed by atoms with Gasteiger partial charge in [0.1, 0.15) is 0 Å². The molecule has 24 heavy (non-hydrogen) atoms. The number of hydrogen-bond donors (Lipinski definition) is 0. The average Bonchev–Trinajstić information content (AvgIpc) is 3.12. The van der Waals surface area contributed by atoms with Gasteiger partial charge in [-0.1, -0.05) is 12.1 Å². The lowest BCUT2D eigenvalue weighted by atomic mass is 10.0. The normalized spacial score (nSPS) is 15.5. The van der Waals surface area contributed by atoms with E-state index >= 15 is 0 Å². The number of amides is 1. The topological polar surface area (TPSA) is 53.8 Å². The van der Waals surface area contributed by atoms with Crippen LogP contribution >= 0.6 is 0 Å². The maximum atomic E-state index is 12.4. The molecule has 0 aliphatic carbocycles. The number of carbonyl (C=O) groups excluding carboxylic acids is 2. The Bertz CT molecular complexity index is 729. The number of hydrogen-bond acceptors (Lipinski definition) is 4. The summed E-state index contributed by atoms with van der Waals surface area (Å²) in [6, 6.07) is 9.22. The summed E-state index contributed by atoms with van der Waals surface area (Å²) in [5.41, 5.74) is 3.08. The van der Waals surface area contributed by atoms with Crippen LogP contribution in [0.1, 0.15) is 32.0 Å². The van der Waals surface area contributed by atoms with Crippen LogP contribution in [0.4, 0.5) is 0 Å². The largest absolute Gasteiger partial charge is 0.459 e. The van der Waals surface area contributed by atoms with Gasteiger partial charge in [-0.15, -0.1) is 0 Å². The molecule has 126 valence electrons. The van der Waals surface area contributed by atoms with Crippen molar-refractivity contribution in [2.45, 2.75) is 13.8 Å². The SMILES string of the molecule is Cc1ccc(C(=O)CN2CCN(C(=O)c3ccco3)CC2)cc1C. The van der Waals surface area contributed by atoms with Gasteiger partial charge in [0.15, 0.2) is 11.5 Å². The van der Waals surface area contributed by atoms with Crippen molar-refractivity contribution in [2.75, 3.05) is 32.7 Å². The molecule has 1 saturated heterocycles. The number of rotatable bonds is 4. The first kappa shape index (κ1) is 16.5. The molecular weight excluding hydrogens is 304 g/mol. The van der Waals surface area contributed by atoms with E-state index in [0.717, 1.165) is 11.1 Å². The summed E-state index contributed by atoms with van der Waals surface area (Å²) in [7, 11) is 0. The first-order valence-electron chi connectivity index (χ1n) is 8.20. The molecule has 1 aromatic carbocycles. The van der Waals surface area contributed by atoms with Crippen LogP contribution in [0.5, 0.6) is 0 Å². The molecule has 5 nitrogen and oxygen atoms in total. The van der Waals surface area contributed by atoms with Gasteiger partial charge in [0.05, 0.1) is 12.8 Å². The number of Topliss-reactive ketones (excluding diaryl/α,β-unsaturated/α-hetero) is 1. The van der Waals surface area contributed by atoms with Gasteiger partial charge in [-0.25, -0.2) is 0 Å². The highest BCUT2D eigenvalue weighted by atomic mass is 16.3. The van der Waals surface area contributed by atoms with E-state index in [0.29, 0.717) is 38.5 Å². The fourth-order valence-corrected chi connectivity index (χ4v) is 2.87. The van der Waals surface area contributed by atoms with E-state index < -0.39 is 0 Å². The van der Waals surface area contributed by atoms with Gasteiger partial charge in [0.25, 0.3) is 5.91 Å². The van der Waals surface area contributed by atoms with E-state index in [2.05, 4.69) is 4.90 Å². The van der Waals surface area contributed by atoms with Crippen molar-refractivity contribution < 1.29 is 14.0 Å². The van der Waals surface area contributed by atoms with Crippen LogP contribution in [-0.2, 0) is 0 Å². The zero-order valence-corrected chi connectivity index (χ0v) is 14.1. The molecule has 1 aromatic heterocycles. The van der Waals surface area contributed by atoms with Crippen molar-refractivity contribution in [3.63, 3.8) is 0 Å². The van der Waals surface area contributed by atoms with Crippen LogP contribution in [0.15, 0.2) is 41.0 Å². The highest BCUT2D eigenvalue weighted by Gasteiger charge is 2.24. The van der Waals surface area contributed by atoms with Crippen LogP contribution < -0.4 is 0 Å². The van der Waals surface area contributed by atoms with Gasteiger partial charge < -0.3 is 9.32 Å². The minimum atomic E-state index is -0.0832. The van der Waals surface area contributed by atoms with Gasteiger partial charge in [-0.2, -0.15) is 0 Å². The Morgan fingerprint density at radius 2 is 1.79 bits per heavy atom. The molecule has 5 heteroatoms. The molecule has 1 amide bonds. The lowest BCUT2D eigenvalue weighted by Crippen LogP contribution is -2.49. The smallest absolute Gasteiger partial charge is 0.289 e. The van der Waals surface area contributed by atoms with Gasteiger partial charge in [0, 0.05) is 31.7 Å². The number of furan rings is 1. The molecule has 0 atom stereocenters. The standard InChI is InChI=1S/C19H22N2O3/c1-14-5-6-16(12-15(14)2)17(22)13-20-7-9-21(10-8-20)19(23)18-4-3-11-24-18/h3-6,11-12H,7-10,13H2,1-2H3. The Balaban J connectivity index is 1.54. The van der Waals surface area contributed by atoms with Crippen molar-refractivity contribution >= 4 is 11.7 Å². The molecule has 0 unspecified atom stereocenters. The molecule has 3 rings (SSSR count). The quantitative estimate of drug-likeness (QED) is 0.810. The van der Waals surface area contributed by atoms with E-state index in [1.165, 1.54) is 11.8 Å². The predicted molar refractivity (Wildman–Crippen MR) is 91.3 cm³/mol. The van der Waals surface area contributed by atoms with Crippen molar-refractivity contribution in [2.24, 2.45) is 0 Å². The zero-order chi connectivity index (χ0) is 17.1.